The van der Waals surface area contributed by atoms with Crippen LogP contribution in [0.1, 0.15) is 25.0 Å². The number of amides is 1. The van der Waals surface area contributed by atoms with Crippen LogP contribution in [-0.2, 0) is 16.8 Å². The van der Waals surface area contributed by atoms with Gasteiger partial charge in [-0.15, -0.1) is 0 Å². The van der Waals surface area contributed by atoms with Crippen LogP contribution in [0.4, 0.5) is 0 Å². The lowest BCUT2D eigenvalue weighted by Gasteiger charge is -2.32. The molecule has 0 radical (unpaired) electrons. The highest BCUT2D eigenvalue weighted by molar-refractivity contribution is 9.10. The van der Waals surface area contributed by atoms with Crippen molar-refractivity contribution >= 4 is 21.8 Å². The molecule has 0 aliphatic heterocycles. The molecule has 3 nitrogen and oxygen atoms in total. The second kappa shape index (κ2) is 7.07. The SMILES string of the molecule is C[C@H](N)C(=O)NC(C)(Cc1cccc(Br)c1)c1ccccc1. The number of halogens is 1. The molecule has 1 unspecified atom stereocenters. The topological polar surface area (TPSA) is 55.1 Å². The maximum absolute atomic E-state index is 12.1. The lowest BCUT2D eigenvalue weighted by Crippen LogP contribution is -2.50. The summed E-state index contributed by atoms with van der Waals surface area (Å²) in [5.74, 6) is -0.152. The molecular formula is C18H21BrN2O. The number of carbonyl (C=O) groups excluding carboxylic acids is 1. The minimum absolute atomic E-state index is 0.152. The van der Waals surface area contributed by atoms with Crippen LogP contribution >= 0.6 is 15.9 Å². The van der Waals surface area contributed by atoms with Crippen LogP contribution in [0, 0.1) is 0 Å². The molecule has 2 aromatic carbocycles. The fourth-order valence-corrected chi connectivity index (χ4v) is 2.91. The second-order valence-corrected chi connectivity index (χ2v) is 6.70. The first-order chi connectivity index (χ1) is 10.4. The van der Waals surface area contributed by atoms with Gasteiger partial charge < -0.3 is 11.1 Å². The summed E-state index contributed by atoms with van der Waals surface area (Å²) in [6.07, 6.45) is 0.689. The average Bonchev–Trinajstić information content (AvgIpc) is 2.48. The van der Waals surface area contributed by atoms with Crippen LogP contribution in [0.25, 0.3) is 0 Å². The molecule has 0 saturated carbocycles. The van der Waals surface area contributed by atoms with Crippen LogP contribution < -0.4 is 11.1 Å². The molecule has 0 spiro atoms. The number of nitrogens with one attached hydrogen (secondary N) is 1. The summed E-state index contributed by atoms with van der Waals surface area (Å²) in [5.41, 5.74) is 7.42. The van der Waals surface area contributed by atoms with E-state index in [4.69, 9.17) is 5.73 Å². The van der Waals surface area contributed by atoms with E-state index in [0.717, 1.165) is 15.6 Å². The number of hydrogen-bond acceptors (Lipinski definition) is 2. The Kier molecular flexibility index (Phi) is 5.37. The molecule has 0 fully saturated rings. The molecular weight excluding hydrogens is 340 g/mol. The van der Waals surface area contributed by atoms with Crippen LogP contribution in [0.5, 0.6) is 0 Å². The van der Waals surface area contributed by atoms with Gasteiger partial charge in [-0.2, -0.15) is 0 Å². The Morgan fingerprint density at radius 3 is 2.50 bits per heavy atom. The Hall–Kier alpha value is -1.65. The van der Waals surface area contributed by atoms with Crippen molar-refractivity contribution < 1.29 is 4.79 Å². The molecule has 2 aromatic rings. The zero-order valence-electron chi connectivity index (χ0n) is 12.8. The van der Waals surface area contributed by atoms with E-state index in [1.165, 1.54) is 0 Å². The van der Waals surface area contributed by atoms with Crippen LogP contribution in [0.3, 0.4) is 0 Å². The van der Waals surface area contributed by atoms with E-state index in [2.05, 4.69) is 33.4 Å². The van der Waals surface area contributed by atoms with Gasteiger partial charge in [0.25, 0.3) is 0 Å². The Morgan fingerprint density at radius 2 is 1.91 bits per heavy atom. The minimum Gasteiger partial charge on any atom is -0.345 e. The Bertz CT molecular complexity index is 643. The first-order valence-corrected chi connectivity index (χ1v) is 8.07. The number of carbonyl (C=O) groups is 1. The van der Waals surface area contributed by atoms with E-state index in [-0.39, 0.29) is 5.91 Å². The lowest BCUT2D eigenvalue weighted by atomic mass is 9.85. The molecule has 1 amide bonds. The summed E-state index contributed by atoms with van der Waals surface area (Å²) in [7, 11) is 0. The third kappa shape index (κ3) is 4.18. The van der Waals surface area contributed by atoms with Crippen molar-refractivity contribution in [3.8, 4) is 0 Å². The third-order valence-corrected chi connectivity index (χ3v) is 4.16. The second-order valence-electron chi connectivity index (χ2n) is 5.78. The van der Waals surface area contributed by atoms with Crippen molar-refractivity contribution in [1.82, 2.24) is 5.32 Å². The maximum atomic E-state index is 12.1. The quantitative estimate of drug-likeness (QED) is 0.858. The number of rotatable bonds is 5. The van der Waals surface area contributed by atoms with Gasteiger partial charge in [-0.05, 0) is 43.5 Å². The van der Waals surface area contributed by atoms with E-state index >= 15 is 0 Å². The van der Waals surface area contributed by atoms with E-state index in [0.29, 0.717) is 6.42 Å². The van der Waals surface area contributed by atoms with Gasteiger partial charge in [0.15, 0.2) is 0 Å². The molecule has 0 aliphatic rings. The molecule has 4 heteroatoms. The summed E-state index contributed by atoms with van der Waals surface area (Å²) >= 11 is 3.49. The van der Waals surface area contributed by atoms with Crippen molar-refractivity contribution in [2.75, 3.05) is 0 Å². The monoisotopic (exact) mass is 360 g/mol. The van der Waals surface area contributed by atoms with E-state index in [1.807, 2.05) is 49.4 Å². The average molecular weight is 361 g/mol. The minimum atomic E-state index is -0.537. The Balaban J connectivity index is 2.35. The van der Waals surface area contributed by atoms with E-state index in [1.54, 1.807) is 6.92 Å². The highest BCUT2D eigenvalue weighted by Gasteiger charge is 2.29. The lowest BCUT2D eigenvalue weighted by molar-refractivity contribution is -0.123. The molecule has 22 heavy (non-hydrogen) atoms. The highest BCUT2D eigenvalue weighted by Crippen LogP contribution is 2.26. The molecule has 116 valence electrons. The number of nitrogens with two attached hydrogens (primary N) is 1. The zero-order valence-corrected chi connectivity index (χ0v) is 14.4. The van der Waals surface area contributed by atoms with Crippen LogP contribution in [-0.4, -0.2) is 11.9 Å². The number of hydrogen-bond donors (Lipinski definition) is 2. The molecule has 0 bridgehead atoms. The standard InChI is InChI=1S/C18H21BrN2O/c1-13(20)17(22)21-18(2,15-8-4-3-5-9-15)12-14-7-6-10-16(19)11-14/h3-11,13H,12,20H2,1-2H3,(H,21,22)/t13-,18?/m0/s1. The molecule has 3 N–H and O–H groups in total. The van der Waals surface area contributed by atoms with Gasteiger partial charge in [0.2, 0.25) is 5.91 Å². The molecule has 2 rings (SSSR count). The molecule has 0 heterocycles. The van der Waals surface area contributed by atoms with Gasteiger partial charge in [0, 0.05) is 4.47 Å². The largest absolute Gasteiger partial charge is 0.345 e. The molecule has 2 atom stereocenters. The maximum Gasteiger partial charge on any atom is 0.237 e. The van der Waals surface area contributed by atoms with Crippen LogP contribution in [0.2, 0.25) is 0 Å². The predicted molar refractivity (Wildman–Crippen MR) is 93.4 cm³/mol. The summed E-state index contributed by atoms with van der Waals surface area (Å²) < 4.78 is 1.03. The summed E-state index contributed by atoms with van der Waals surface area (Å²) in [4.78, 5) is 12.1. The predicted octanol–water partition coefficient (Wildman–Crippen LogP) is 3.37. The normalized spacial score (nSPS) is 14.9. The smallest absolute Gasteiger partial charge is 0.237 e. The van der Waals surface area contributed by atoms with Crippen molar-refractivity contribution in [2.24, 2.45) is 5.73 Å². The zero-order chi connectivity index (χ0) is 16.2. The van der Waals surface area contributed by atoms with Gasteiger partial charge in [-0.3, -0.25) is 4.79 Å². The van der Waals surface area contributed by atoms with Crippen LogP contribution in [0.15, 0.2) is 59.1 Å². The fourth-order valence-electron chi connectivity index (χ4n) is 2.47. The fraction of sp³-hybridized carbons (Fsp3) is 0.278. The molecule has 0 saturated heterocycles. The first kappa shape index (κ1) is 16.7. The van der Waals surface area contributed by atoms with Gasteiger partial charge >= 0.3 is 0 Å². The summed E-state index contributed by atoms with van der Waals surface area (Å²) in [5, 5.41) is 3.10. The van der Waals surface area contributed by atoms with Crippen molar-refractivity contribution in [3.63, 3.8) is 0 Å². The molecule has 0 aliphatic carbocycles. The van der Waals surface area contributed by atoms with Gasteiger partial charge in [-0.1, -0.05) is 58.4 Å². The Labute approximate surface area is 140 Å². The molecule has 0 aromatic heterocycles. The van der Waals surface area contributed by atoms with Crippen molar-refractivity contribution in [1.29, 1.82) is 0 Å². The summed E-state index contributed by atoms with van der Waals surface area (Å²) in [6.45, 7) is 3.73. The first-order valence-electron chi connectivity index (χ1n) is 7.28. The van der Waals surface area contributed by atoms with Gasteiger partial charge in [0.1, 0.15) is 0 Å². The highest BCUT2D eigenvalue weighted by atomic mass is 79.9. The Morgan fingerprint density at radius 1 is 1.23 bits per heavy atom. The van der Waals surface area contributed by atoms with Crippen molar-refractivity contribution in [3.05, 3.63) is 70.2 Å². The summed E-state index contributed by atoms with van der Waals surface area (Å²) in [6, 6.07) is 17.6. The third-order valence-electron chi connectivity index (χ3n) is 3.67. The van der Waals surface area contributed by atoms with Gasteiger partial charge in [-0.25, -0.2) is 0 Å². The van der Waals surface area contributed by atoms with E-state index < -0.39 is 11.6 Å². The van der Waals surface area contributed by atoms with Gasteiger partial charge in [0.05, 0.1) is 11.6 Å². The van der Waals surface area contributed by atoms with Crippen molar-refractivity contribution in [2.45, 2.75) is 31.8 Å². The number of benzene rings is 2. The van der Waals surface area contributed by atoms with E-state index in [9.17, 15) is 4.79 Å².